The lowest BCUT2D eigenvalue weighted by Crippen LogP contribution is -2.31. The topological polar surface area (TPSA) is 77.6 Å². The number of hydrogen-bond donors (Lipinski definition) is 1. The van der Waals surface area contributed by atoms with Crippen LogP contribution in [0.3, 0.4) is 0 Å². The molecule has 1 unspecified atom stereocenters. The Morgan fingerprint density at radius 2 is 1.82 bits per heavy atom. The third-order valence-electron chi connectivity index (χ3n) is 5.72. The Balaban J connectivity index is 1.41. The molecule has 7 nitrogen and oxygen atoms in total. The number of aromatic nitrogens is 5. The molecule has 1 amide bonds. The van der Waals surface area contributed by atoms with Crippen molar-refractivity contribution in [1.29, 1.82) is 0 Å². The summed E-state index contributed by atoms with van der Waals surface area (Å²) in [5.74, 6) is 0.0409. The summed E-state index contributed by atoms with van der Waals surface area (Å²) in [6, 6.07) is 19.0. The van der Waals surface area contributed by atoms with Gasteiger partial charge in [0.25, 0.3) is 5.91 Å². The molecular weight excluding hydrogens is 431 g/mol. The highest BCUT2D eigenvalue weighted by Gasteiger charge is 2.18. The van der Waals surface area contributed by atoms with E-state index in [-0.39, 0.29) is 11.7 Å². The summed E-state index contributed by atoms with van der Waals surface area (Å²) in [5.41, 5.74) is 4.91. The minimum Gasteiger partial charge on any atom is -0.343 e. The molecule has 0 radical (unpaired) electrons. The molecule has 0 saturated carbocycles. The van der Waals surface area contributed by atoms with E-state index < -0.39 is 6.04 Å². The first-order valence-corrected chi connectivity index (χ1v) is 10.9. The Morgan fingerprint density at radius 3 is 2.53 bits per heavy atom. The molecule has 0 aliphatic rings. The highest BCUT2D eigenvalue weighted by atomic mass is 19.1. The quantitative estimate of drug-likeness (QED) is 0.409. The van der Waals surface area contributed by atoms with Gasteiger partial charge in [0.15, 0.2) is 5.82 Å². The van der Waals surface area contributed by atoms with Crippen molar-refractivity contribution in [3.63, 3.8) is 0 Å². The maximum Gasteiger partial charge on any atom is 0.253 e. The zero-order chi connectivity index (χ0) is 23.7. The first-order chi connectivity index (χ1) is 16.5. The molecule has 0 aliphatic heterocycles. The molecule has 8 heteroatoms. The van der Waals surface area contributed by atoms with Crippen molar-refractivity contribution in [2.24, 2.45) is 0 Å². The number of fused-ring (bicyclic) bond motifs is 1. The number of amides is 1. The molecular formula is C26H23FN6O. The van der Waals surface area contributed by atoms with Crippen molar-refractivity contribution >= 4 is 16.9 Å². The van der Waals surface area contributed by atoms with Gasteiger partial charge in [0.05, 0.1) is 34.7 Å². The Bertz CT molecular complexity index is 1450. The average molecular weight is 455 g/mol. The van der Waals surface area contributed by atoms with Crippen molar-refractivity contribution in [3.05, 3.63) is 108 Å². The first kappa shape index (κ1) is 21.5. The second-order valence-electron chi connectivity index (χ2n) is 8.21. The van der Waals surface area contributed by atoms with Crippen molar-refractivity contribution in [2.75, 3.05) is 0 Å². The second kappa shape index (κ2) is 8.90. The summed E-state index contributed by atoms with van der Waals surface area (Å²) in [6.07, 6.45) is 3.29. The molecule has 3 aromatic heterocycles. The van der Waals surface area contributed by atoms with Crippen molar-refractivity contribution < 1.29 is 9.18 Å². The Labute approximate surface area is 195 Å². The van der Waals surface area contributed by atoms with Gasteiger partial charge >= 0.3 is 0 Å². The van der Waals surface area contributed by atoms with Crippen LogP contribution in [-0.2, 0) is 6.54 Å². The fourth-order valence-corrected chi connectivity index (χ4v) is 4.03. The zero-order valence-corrected chi connectivity index (χ0v) is 18.8. The number of hydrogen-bond acceptors (Lipinski definition) is 4. The standard InChI is InChI=1S/C26H23FN6O/c1-17-13-18(2)33(31-17)25-12-9-20(14-28-25)26(34)30-23(19-7-10-21(27)11-8-19)15-32-16-29-22-5-3-4-6-24(22)32/h3-14,16,23H,15H2,1-2H3,(H,30,34). The van der Waals surface area contributed by atoms with Gasteiger partial charge in [-0.2, -0.15) is 5.10 Å². The number of benzene rings is 2. The maximum atomic E-state index is 13.6. The SMILES string of the molecule is Cc1cc(C)n(-c2ccc(C(=O)NC(Cn3cnc4ccccc43)c3ccc(F)cc3)cn2)n1. The molecule has 5 rings (SSSR count). The van der Waals surface area contributed by atoms with Crippen molar-refractivity contribution in [1.82, 2.24) is 29.6 Å². The normalized spacial score (nSPS) is 12.1. The van der Waals surface area contributed by atoms with Crippen LogP contribution < -0.4 is 5.32 Å². The second-order valence-corrected chi connectivity index (χ2v) is 8.21. The van der Waals surface area contributed by atoms with Crippen LogP contribution in [0.25, 0.3) is 16.9 Å². The minimum absolute atomic E-state index is 0.272. The summed E-state index contributed by atoms with van der Waals surface area (Å²) in [4.78, 5) is 22.0. The summed E-state index contributed by atoms with van der Waals surface area (Å²) >= 11 is 0. The third-order valence-corrected chi connectivity index (χ3v) is 5.72. The van der Waals surface area contributed by atoms with E-state index in [1.54, 1.807) is 35.3 Å². The van der Waals surface area contributed by atoms with Gasteiger partial charge in [-0.1, -0.05) is 24.3 Å². The molecule has 0 saturated heterocycles. The van der Waals surface area contributed by atoms with E-state index in [4.69, 9.17) is 0 Å². The van der Waals surface area contributed by atoms with Gasteiger partial charge in [-0.3, -0.25) is 4.79 Å². The molecule has 3 heterocycles. The molecule has 5 aromatic rings. The van der Waals surface area contributed by atoms with Crippen molar-refractivity contribution in [3.8, 4) is 5.82 Å². The highest BCUT2D eigenvalue weighted by Crippen LogP contribution is 2.21. The molecule has 1 atom stereocenters. The summed E-state index contributed by atoms with van der Waals surface area (Å²) < 4.78 is 17.3. The average Bonchev–Trinajstić information content (AvgIpc) is 3.41. The van der Waals surface area contributed by atoms with Crippen LogP contribution in [0.5, 0.6) is 0 Å². The van der Waals surface area contributed by atoms with Crippen LogP contribution in [0, 0.1) is 19.7 Å². The Kier molecular flexibility index (Phi) is 5.63. The van der Waals surface area contributed by atoms with Gasteiger partial charge in [-0.25, -0.2) is 19.0 Å². The van der Waals surface area contributed by atoms with Gasteiger partial charge in [0, 0.05) is 18.4 Å². The lowest BCUT2D eigenvalue weighted by Gasteiger charge is -2.20. The molecule has 0 aliphatic carbocycles. The number of pyridine rings is 1. The first-order valence-electron chi connectivity index (χ1n) is 10.9. The lowest BCUT2D eigenvalue weighted by atomic mass is 10.1. The number of halogens is 1. The largest absolute Gasteiger partial charge is 0.343 e. The fourth-order valence-electron chi connectivity index (χ4n) is 4.03. The lowest BCUT2D eigenvalue weighted by molar-refractivity contribution is 0.0932. The van der Waals surface area contributed by atoms with Crippen LogP contribution in [0.2, 0.25) is 0 Å². The van der Waals surface area contributed by atoms with Crippen LogP contribution in [0.1, 0.15) is 33.4 Å². The predicted molar refractivity (Wildman–Crippen MR) is 127 cm³/mol. The van der Waals surface area contributed by atoms with Gasteiger partial charge < -0.3 is 9.88 Å². The Morgan fingerprint density at radius 1 is 1.03 bits per heavy atom. The number of nitrogens with zero attached hydrogens (tertiary/aromatic N) is 5. The summed E-state index contributed by atoms with van der Waals surface area (Å²) in [7, 11) is 0. The smallest absolute Gasteiger partial charge is 0.253 e. The van der Waals surface area contributed by atoms with E-state index in [1.807, 2.05) is 48.7 Å². The highest BCUT2D eigenvalue weighted by molar-refractivity contribution is 5.94. The van der Waals surface area contributed by atoms with E-state index in [0.29, 0.717) is 17.9 Å². The molecule has 1 N–H and O–H groups in total. The van der Waals surface area contributed by atoms with Crippen molar-refractivity contribution in [2.45, 2.75) is 26.4 Å². The summed E-state index contributed by atoms with van der Waals surface area (Å²) in [6.45, 7) is 4.31. The molecule has 170 valence electrons. The van der Waals surface area contributed by atoms with E-state index in [9.17, 15) is 9.18 Å². The number of rotatable bonds is 6. The minimum atomic E-state index is -0.401. The number of para-hydroxylation sites is 2. The monoisotopic (exact) mass is 454 g/mol. The summed E-state index contributed by atoms with van der Waals surface area (Å²) in [5, 5.41) is 7.51. The van der Waals surface area contributed by atoms with Gasteiger partial charge in [0.2, 0.25) is 0 Å². The molecule has 34 heavy (non-hydrogen) atoms. The molecule has 0 bridgehead atoms. The number of imidazole rings is 1. The fraction of sp³-hybridized carbons (Fsp3) is 0.154. The maximum absolute atomic E-state index is 13.6. The number of nitrogens with one attached hydrogen (secondary N) is 1. The number of aryl methyl sites for hydroxylation is 2. The van der Waals surface area contributed by atoms with Gasteiger partial charge in [-0.15, -0.1) is 0 Å². The number of carbonyl (C=O) groups is 1. The zero-order valence-electron chi connectivity index (χ0n) is 18.8. The predicted octanol–water partition coefficient (Wildman–Crippen LogP) is 4.54. The van der Waals surface area contributed by atoms with Crippen LogP contribution >= 0.6 is 0 Å². The molecule has 0 fully saturated rings. The van der Waals surface area contributed by atoms with E-state index >= 15 is 0 Å². The van der Waals surface area contributed by atoms with Gasteiger partial charge in [-0.05, 0) is 61.9 Å². The van der Waals surface area contributed by atoms with E-state index in [1.165, 1.54) is 18.3 Å². The van der Waals surface area contributed by atoms with Gasteiger partial charge in [0.1, 0.15) is 5.82 Å². The third kappa shape index (κ3) is 4.30. The van der Waals surface area contributed by atoms with E-state index in [0.717, 1.165) is 28.0 Å². The van der Waals surface area contributed by atoms with Crippen LogP contribution in [-0.4, -0.2) is 30.2 Å². The number of carbonyl (C=O) groups excluding carboxylic acids is 1. The van der Waals surface area contributed by atoms with E-state index in [2.05, 4.69) is 20.4 Å². The molecule has 2 aromatic carbocycles. The van der Waals surface area contributed by atoms with Crippen LogP contribution in [0.15, 0.2) is 79.3 Å². The Hall–Kier alpha value is -4.33. The molecule has 0 spiro atoms. The van der Waals surface area contributed by atoms with Crippen LogP contribution in [0.4, 0.5) is 4.39 Å².